The highest BCUT2D eigenvalue weighted by atomic mass is 127. The lowest BCUT2D eigenvalue weighted by Crippen LogP contribution is -2.05. The fourth-order valence-electron chi connectivity index (χ4n) is 0.789. The van der Waals surface area contributed by atoms with Gasteiger partial charge in [-0.1, -0.05) is 0 Å². The minimum atomic E-state index is -0.0562. The fourth-order valence-corrected chi connectivity index (χ4v) is 1.15. The average molecular weight is 287 g/mol. The minimum absolute atomic E-state index is 0.0562. The lowest BCUT2D eigenvalue weighted by molar-refractivity contribution is 0.288. The van der Waals surface area contributed by atoms with Crippen molar-refractivity contribution in [1.29, 1.82) is 5.26 Å². The summed E-state index contributed by atoms with van der Waals surface area (Å²) in [6.07, 6.45) is 0. The van der Waals surface area contributed by atoms with Crippen molar-refractivity contribution in [2.45, 2.75) is 6.92 Å². The van der Waals surface area contributed by atoms with Crippen molar-refractivity contribution >= 4 is 22.6 Å². The Labute approximate surface area is 91.7 Å². The number of hydrogen-bond donors (Lipinski definition) is 0. The van der Waals surface area contributed by atoms with Crippen LogP contribution in [0.1, 0.15) is 6.92 Å². The Kier molecular flexibility index (Phi) is 4.03. The fraction of sp³-hybridized carbons (Fsp3) is 0.300. The maximum absolute atomic E-state index is 8.53. The van der Waals surface area contributed by atoms with Crippen LogP contribution >= 0.6 is 22.6 Å². The van der Waals surface area contributed by atoms with E-state index >= 15 is 0 Å². The predicted molar refractivity (Wildman–Crippen MR) is 59.4 cm³/mol. The van der Waals surface area contributed by atoms with Crippen molar-refractivity contribution in [3.63, 3.8) is 0 Å². The quantitative estimate of drug-likeness (QED) is 0.801. The molecule has 1 aromatic rings. The van der Waals surface area contributed by atoms with Crippen LogP contribution in [0.2, 0.25) is 0 Å². The molecule has 0 saturated heterocycles. The molecule has 13 heavy (non-hydrogen) atoms. The average Bonchev–Trinajstić information content (AvgIpc) is 2.16. The number of rotatable bonds is 3. The van der Waals surface area contributed by atoms with Gasteiger partial charge < -0.3 is 4.74 Å². The van der Waals surface area contributed by atoms with Crippen LogP contribution in [0.15, 0.2) is 24.3 Å². The van der Waals surface area contributed by atoms with Gasteiger partial charge in [0.1, 0.15) is 12.4 Å². The number of nitrogens with zero attached hydrogens (tertiary/aromatic N) is 1. The van der Waals surface area contributed by atoms with E-state index in [4.69, 9.17) is 10.00 Å². The van der Waals surface area contributed by atoms with Gasteiger partial charge in [0.25, 0.3) is 0 Å². The molecule has 0 amide bonds. The van der Waals surface area contributed by atoms with Crippen LogP contribution in [0.25, 0.3) is 0 Å². The van der Waals surface area contributed by atoms with Gasteiger partial charge in [0.05, 0.1) is 12.0 Å². The number of nitriles is 1. The first kappa shape index (κ1) is 10.3. The Hall–Kier alpha value is -0.760. The molecule has 0 fully saturated rings. The van der Waals surface area contributed by atoms with E-state index in [0.29, 0.717) is 6.61 Å². The molecule has 0 bridgehead atoms. The SMILES string of the molecule is CC(C#N)COc1ccc(I)cc1. The summed E-state index contributed by atoms with van der Waals surface area (Å²) < 4.78 is 6.57. The van der Waals surface area contributed by atoms with E-state index in [2.05, 4.69) is 28.7 Å². The maximum atomic E-state index is 8.53. The summed E-state index contributed by atoms with van der Waals surface area (Å²) in [6, 6.07) is 9.90. The second kappa shape index (κ2) is 5.07. The minimum Gasteiger partial charge on any atom is -0.492 e. The first-order valence-electron chi connectivity index (χ1n) is 4.00. The Balaban J connectivity index is 2.47. The van der Waals surface area contributed by atoms with Gasteiger partial charge in [0, 0.05) is 3.57 Å². The molecule has 0 heterocycles. The lowest BCUT2D eigenvalue weighted by Gasteiger charge is -2.06. The van der Waals surface area contributed by atoms with Crippen LogP contribution in [-0.2, 0) is 0 Å². The van der Waals surface area contributed by atoms with Gasteiger partial charge in [-0.3, -0.25) is 0 Å². The molecule has 0 aliphatic rings. The number of benzene rings is 1. The van der Waals surface area contributed by atoms with E-state index < -0.39 is 0 Å². The summed E-state index contributed by atoms with van der Waals surface area (Å²) in [5, 5.41) is 8.53. The van der Waals surface area contributed by atoms with Gasteiger partial charge >= 0.3 is 0 Å². The summed E-state index contributed by atoms with van der Waals surface area (Å²) >= 11 is 2.24. The molecule has 0 N–H and O–H groups in total. The molecule has 0 aliphatic carbocycles. The topological polar surface area (TPSA) is 33.0 Å². The van der Waals surface area contributed by atoms with Gasteiger partial charge in [0.15, 0.2) is 0 Å². The third-order valence-corrected chi connectivity index (χ3v) is 2.25. The zero-order valence-corrected chi connectivity index (χ0v) is 9.48. The van der Waals surface area contributed by atoms with Crippen molar-refractivity contribution in [2.75, 3.05) is 6.61 Å². The van der Waals surface area contributed by atoms with Gasteiger partial charge in [0.2, 0.25) is 0 Å². The highest BCUT2D eigenvalue weighted by Gasteiger charge is 2.00. The number of ether oxygens (including phenoxy) is 1. The van der Waals surface area contributed by atoms with Crippen LogP contribution < -0.4 is 4.74 Å². The van der Waals surface area contributed by atoms with Gasteiger partial charge in [-0.2, -0.15) is 5.26 Å². The van der Waals surface area contributed by atoms with E-state index in [-0.39, 0.29) is 5.92 Å². The van der Waals surface area contributed by atoms with Crippen molar-refractivity contribution in [1.82, 2.24) is 0 Å². The molecule has 0 aliphatic heterocycles. The number of halogens is 1. The monoisotopic (exact) mass is 287 g/mol. The Morgan fingerprint density at radius 3 is 2.62 bits per heavy atom. The summed E-state index contributed by atoms with van der Waals surface area (Å²) in [4.78, 5) is 0. The van der Waals surface area contributed by atoms with Gasteiger partial charge in [-0.05, 0) is 53.8 Å². The Morgan fingerprint density at radius 1 is 1.46 bits per heavy atom. The summed E-state index contributed by atoms with van der Waals surface area (Å²) in [5.41, 5.74) is 0. The van der Waals surface area contributed by atoms with E-state index in [1.165, 1.54) is 3.57 Å². The third-order valence-electron chi connectivity index (χ3n) is 1.53. The zero-order valence-electron chi connectivity index (χ0n) is 7.33. The lowest BCUT2D eigenvalue weighted by atomic mass is 10.2. The van der Waals surface area contributed by atoms with E-state index in [1.807, 2.05) is 31.2 Å². The second-order valence-electron chi connectivity index (χ2n) is 2.80. The van der Waals surface area contributed by atoms with E-state index in [9.17, 15) is 0 Å². The third kappa shape index (κ3) is 3.64. The Morgan fingerprint density at radius 2 is 2.08 bits per heavy atom. The molecule has 68 valence electrons. The van der Waals surface area contributed by atoms with Crippen molar-refractivity contribution < 1.29 is 4.74 Å². The molecule has 0 radical (unpaired) electrons. The van der Waals surface area contributed by atoms with Crippen LogP contribution in [0.3, 0.4) is 0 Å². The molecule has 3 heteroatoms. The van der Waals surface area contributed by atoms with Crippen molar-refractivity contribution in [2.24, 2.45) is 5.92 Å². The van der Waals surface area contributed by atoms with E-state index in [1.54, 1.807) is 0 Å². The normalized spacial score (nSPS) is 11.8. The van der Waals surface area contributed by atoms with Crippen molar-refractivity contribution in [3.05, 3.63) is 27.8 Å². The number of hydrogen-bond acceptors (Lipinski definition) is 2. The summed E-state index contributed by atoms with van der Waals surface area (Å²) in [6.45, 7) is 2.30. The molecule has 1 aromatic carbocycles. The molecule has 0 spiro atoms. The van der Waals surface area contributed by atoms with Crippen LogP contribution in [-0.4, -0.2) is 6.61 Å². The molecule has 0 saturated carbocycles. The molecule has 2 nitrogen and oxygen atoms in total. The highest BCUT2D eigenvalue weighted by Crippen LogP contribution is 2.14. The summed E-state index contributed by atoms with van der Waals surface area (Å²) in [5.74, 6) is 0.766. The largest absolute Gasteiger partial charge is 0.492 e. The van der Waals surface area contributed by atoms with E-state index in [0.717, 1.165) is 5.75 Å². The molecular formula is C10H10INO. The van der Waals surface area contributed by atoms with Crippen LogP contribution in [0.4, 0.5) is 0 Å². The first-order chi connectivity index (χ1) is 6.22. The first-order valence-corrected chi connectivity index (χ1v) is 5.08. The molecular weight excluding hydrogens is 277 g/mol. The van der Waals surface area contributed by atoms with Crippen molar-refractivity contribution in [3.8, 4) is 11.8 Å². The maximum Gasteiger partial charge on any atom is 0.119 e. The molecule has 0 aromatic heterocycles. The Bertz CT molecular complexity index is 302. The van der Waals surface area contributed by atoms with Crippen LogP contribution in [0.5, 0.6) is 5.75 Å². The smallest absolute Gasteiger partial charge is 0.119 e. The standard InChI is InChI=1S/C10H10INO/c1-8(6-12)7-13-10-4-2-9(11)3-5-10/h2-5,8H,7H2,1H3. The molecule has 1 unspecified atom stereocenters. The second-order valence-corrected chi connectivity index (χ2v) is 4.04. The molecule has 1 rings (SSSR count). The highest BCUT2D eigenvalue weighted by molar-refractivity contribution is 14.1. The van der Waals surface area contributed by atoms with Gasteiger partial charge in [-0.15, -0.1) is 0 Å². The van der Waals surface area contributed by atoms with Gasteiger partial charge in [-0.25, -0.2) is 0 Å². The zero-order chi connectivity index (χ0) is 9.68. The predicted octanol–water partition coefficient (Wildman–Crippen LogP) is 2.83. The van der Waals surface area contributed by atoms with Crippen LogP contribution in [0, 0.1) is 20.8 Å². The molecule has 1 atom stereocenters. The summed E-state index contributed by atoms with van der Waals surface area (Å²) in [7, 11) is 0.